The second kappa shape index (κ2) is 6.93. The van der Waals surface area contributed by atoms with Crippen molar-refractivity contribution in [2.24, 2.45) is 0 Å². The summed E-state index contributed by atoms with van der Waals surface area (Å²) in [6.45, 7) is 5.67. The quantitative estimate of drug-likeness (QED) is 0.927. The average molecular weight is 313 g/mol. The predicted octanol–water partition coefficient (Wildman–Crippen LogP) is 1.38. The molecule has 1 unspecified atom stereocenters. The van der Waals surface area contributed by atoms with Gasteiger partial charge in [0.05, 0.1) is 18.6 Å². The molecule has 6 nitrogen and oxygen atoms in total. The standard InChI is InChI=1S/C17H23N5O/c1-14(15-6-4-3-5-7-15)22-13-18-12-16(22)17(23)19-21-10-8-20(2)9-11-21/h3-7,12-14H,8-11H2,1-2H3,(H,19,23). The van der Waals surface area contributed by atoms with Crippen LogP contribution in [0.25, 0.3) is 0 Å². The summed E-state index contributed by atoms with van der Waals surface area (Å²) in [4.78, 5) is 19.0. The minimum absolute atomic E-state index is 0.0620. The van der Waals surface area contributed by atoms with Gasteiger partial charge in [-0.3, -0.25) is 10.2 Å². The monoisotopic (exact) mass is 313 g/mol. The van der Waals surface area contributed by atoms with Crippen molar-refractivity contribution < 1.29 is 4.79 Å². The second-order valence-electron chi connectivity index (χ2n) is 6.00. The molecule has 23 heavy (non-hydrogen) atoms. The molecule has 2 aromatic rings. The van der Waals surface area contributed by atoms with Gasteiger partial charge in [0, 0.05) is 26.2 Å². The van der Waals surface area contributed by atoms with Crippen LogP contribution in [0, 0.1) is 0 Å². The molecule has 1 aromatic carbocycles. The third-order valence-electron chi connectivity index (χ3n) is 4.36. The Bertz CT molecular complexity index is 646. The van der Waals surface area contributed by atoms with Crippen LogP contribution in [0.15, 0.2) is 42.9 Å². The molecule has 1 N–H and O–H groups in total. The van der Waals surface area contributed by atoms with E-state index in [1.165, 1.54) is 0 Å². The number of carbonyl (C=O) groups is 1. The van der Waals surface area contributed by atoms with Crippen molar-refractivity contribution in [3.63, 3.8) is 0 Å². The maximum atomic E-state index is 12.6. The summed E-state index contributed by atoms with van der Waals surface area (Å²) in [5.41, 5.74) is 4.73. The smallest absolute Gasteiger partial charge is 0.283 e. The Balaban J connectivity index is 1.71. The predicted molar refractivity (Wildman–Crippen MR) is 89.0 cm³/mol. The Morgan fingerprint density at radius 2 is 1.87 bits per heavy atom. The number of amides is 1. The van der Waals surface area contributed by atoms with Crippen molar-refractivity contribution in [2.75, 3.05) is 33.2 Å². The van der Waals surface area contributed by atoms with Crippen molar-refractivity contribution in [3.8, 4) is 0 Å². The van der Waals surface area contributed by atoms with E-state index in [9.17, 15) is 4.79 Å². The van der Waals surface area contributed by atoms with Gasteiger partial charge in [0.25, 0.3) is 5.91 Å². The van der Waals surface area contributed by atoms with E-state index >= 15 is 0 Å². The van der Waals surface area contributed by atoms with Crippen LogP contribution >= 0.6 is 0 Å². The number of nitrogens with zero attached hydrogens (tertiary/aromatic N) is 4. The number of aromatic nitrogens is 2. The van der Waals surface area contributed by atoms with E-state index in [4.69, 9.17) is 0 Å². The van der Waals surface area contributed by atoms with Crippen LogP contribution in [0.3, 0.4) is 0 Å². The summed E-state index contributed by atoms with van der Waals surface area (Å²) >= 11 is 0. The van der Waals surface area contributed by atoms with Gasteiger partial charge in [-0.1, -0.05) is 30.3 Å². The minimum atomic E-state index is -0.102. The number of carbonyl (C=O) groups excluding carboxylic acids is 1. The molecule has 2 heterocycles. The third-order valence-corrected chi connectivity index (χ3v) is 4.36. The molecule has 1 aliphatic heterocycles. The number of hydrogen-bond donors (Lipinski definition) is 1. The number of imidazole rings is 1. The number of benzene rings is 1. The van der Waals surface area contributed by atoms with Gasteiger partial charge < -0.3 is 9.47 Å². The van der Waals surface area contributed by atoms with E-state index in [0.717, 1.165) is 31.7 Å². The maximum Gasteiger partial charge on any atom is 0.283 e. The fraction of sp³-hybridized carbons (Fsp3) is 0.412. The van der Waals surface area contributed by atoms with Crippen LogP contribution in [-0.2, 0) is 0 Å². The molecular formula is C17H23N5O. The van der Waals surface area contributed by atoms with Gasteiger partial charge in [0.2, 0.25) is 0 Å². The zero-order valence-electron chi connectivity index (χ0n) is 13.6. The van der Waals surface area contributed by atoms with Crippen LogP contribution in [0.4, 0.5) is 0 Å². The van der Waals surface area contributed by atoms with E-state index in [0.29, 0.717) is 5.69 Å². The lowest BCUT2D eigenvalue weighted by atomic mass is 10.1. The number of piperazine rings is 1. The number of hydrazine groups is 1. The molecule has 3 rings (SSSR count). The number of hydrogen-bond acceptors (Lipinski definition) is 4. The van der Waals surface area contributed by atoms with E-state index in [1.807, 2.05) is 27.8 Å². The lowest BCUT2D eigenvalue weighted by molar-refractivity contribution is 0.0653. The van der Waals surface area contributed by atoms with Crippen LogP contribution in [0.1, 0.15) is 29.0 Å². The Morgan fingerprint density at radius 3 is 2.57 bits per heavy atom. The highest BCUT2D eigenvalue weighted by Crippen LogP contribution is 2.19. The summed E-state index contributed by atoms with van der Waals surface area (Å²) in [5, 5.41) is 1.98. The molecule has 0 bridgehead atoms. The third kappa shape index (κ3) is 3.60. The number of nitrogens with one attached hydrogen (secondary N) is 1. The lowest BCUT2D eigenvalue weighted by Crippen LogP contribution is -2.52. The van der Waals surface area contributed by atoms with Gasteiger partial charge in [-0.05, 0) is 19.5 Å². The summed E-state index contributed by atoms with van der Waals surface area (Å²) in [6, 6.07) is 10.2. The van der Waals surface area contributed by atoms with Crippen LogP contribution in [-0.4, -0.2) is 58.6 Å². The van der Waals surface area contributed by atoms with Gasteiger partial charge in [-0.2, -0.15) is 0 Å². The van der Waals surface area contributed by atoms with Crippen molar-refractivity contribution >= 4 is 5.91 Å². The molecule has 1 atom stereocenters. The first-order chi connectivity index (χ1) is 11.1. The minimum Gasteiger partial charge on any atom is -0.319 e. The SMILES string of the molecule is CC(c1ccccc1)n1cncc1C(=O)NN1CCN(C)CC1. The molecule has 1 saturated heterocycles. The highest BCUT2D eigenvalue weighted by molar-refractivity contribution is 5.92. The average Bonchev–Trinajstić information content (AvgIpc) is 3.07. The molecule has 0 spiro atoms. The van der Waals surface area contributed by atoms with Crippen molar-refractivity contribution in [3.05, 3.63) is 54.1 Å². The zero-order chi connectivity index (χ0) is 16.2. The molecule has 0 radical (unpaired) electrons. The van der Waals surface area contributed by atoms with E-state index in [2.05, 4.69) is 41.4 Å². The largest absolute Gasteiger partial charge is 0.319 e. The van der Waals surface area contributed by atoms with E-state index < -0.39 is 0 Å². The second-order valence-corrected chi connectivity index (χ2v) is 6.00. The normalized spacial score (nSPS) is 17.8. The summed E-state index contributed by atoms with van der Waals surface area (Å²) < 4.78 is 1.92. The zero-order valence-corrected chi connectivity index (χ0v) is 13.6. The van der Waals surface area contributed by atoms with Gasteiger partial charge in [-0.15, -0.1) is 0 Å². The molecule has 1 aliphatic rings. The molecular weight excluding hydrogens is 290 g/mol. The van der Waals surface area contributed by atoms with Gasteiger partial charge >= 0.3 is 0 Å². The Labute approximate surface area is 136 Å². The molecule has 1 aromatic heterocycles. The van der Waals surface area contributed by atoms with Gasteiger partial charge in [-0.25, -0.2) is 9.99 Å². The maximum absolute atomic E-state index is 12.6. The molecule has 122 valence electrons. The van der Waals surface area contributed by atoms with E-state index in [1.54, 1.807) is 12.5 Å². The highest BCUT2D eigenvalue weighted by Gasteiger charge is 2.20. The number of rotatable bonds is 4. The van der Waals surface area contributed by atoms with Crippen molar-refractivity contribution in [2.45, 2.75) is 13.0 Å². The first-order valence-electron chi connectivity index (χ1n) is 7.96. The Kier molecular flexibility index (Phi) is 4.73. The van der Waals surface area contributed by atoms with Crippen molar-refractivity contribution in [1.29, 1.82) is 0 Å². The molecule has 1 fully saturated rings. The summed E-state index contributed by atoms with van der Waals surface area (Å²) in [7, 11) is 2.09. The Hall–Kier alpha value is -2.18. The molecule has 0 saturated carbocycles. The Morgan fingerprint density at radius 1 is 1.17 bits per heavy atom. The lowest BCUT2D eigenvalue weighted by Gasteiger charge is -2.32. The van der Waals surface area contributed by atoms with Crippen LogP contribution < -0.4 is 5.43 Å². The molecule has 0 aliphatic carbocycles. The summed E-state index contributed by atoms with van der Waals surface area (Å²) in [6.07, 6.45) is 3.35. The van der Waals surface area contributed by atoms with Crippen LogP contribution in [0.5, 0.6) is 0 Å². The fourth-order valence-corrected chi connectivity index (χ4v) is 2.80. The highest BCUT2D eigenvalue weighted by atomic mass is 16.2. The number of likely N-dealkylation sites (N-methyl/N-ethyl adjacent to an activating group) is 1. The van der Waals surface area contributed by atoms with Gasteiger partial charge in [0.15, 0.2) is 0 Å². The van der Waals surface area contributed by atoms with Gasteiger partial charge in [0.1, 0.15) is 5.69 Å². The van der Waals surface area contributed by atoms with E-state index in [-0.39, 0.29) is 11.9 Å². The topological polar surface area (TPSA) is 53.4 Å². The first kappa shape index (κ1) is 15.7. The molecule has 6 heteroatoms. The van der Waals surface area contributed by atoms with Crippen LogP contribution in [0.2, 0.25) is 0 Å². The fourth-order valence-electron chi connectivity index (χ4n) is 2.80. The first-order valence-corrected chi connectivity index (χ1v) is 7.96. The van der Waals surface area contributed by atoms with Crippen molar-refractivity contribution in [1.82, 2.24) is 24.9 Å². The molecule has 1 amide bonds. The summed E-state index contributed by atoms with van der Waals surface area (Å²) in [5.74, 6) is -0.102.